The molecule has 2 rings (SSSR count). The molecule has 0 spiro atoms. The van der Waals surface area contributed by atoms with Crippen molar-refractivity contribution in [3.63, 3.8) is 0 Å². The number of thiol groups is 1. The maximum absolute atomic E-state index is 12.3. The van der Waals surface area contributed by atoms with Crippen LogP contribution in [-0.4, -0.2) is 42.2 Å². The van der Waals surface area contributed by atoms with Gasteiger partial charge in [0.15, 0.2) is 0 Å². The Morgan fingerprint density at radius 1 is 1.28 bits per heavy atom. The summed E-state index contributed by atoms with van der Waals surface area (Å²) < 4.78 is 0. The van der Waals surface area contributed by atoms with E-state index in [-0.39, 0.29) is 11.2 Å². The Bertz CT molecular complexity index is 375. The van der Waals surface area contributed by atoms with E-state index in [2.05, 4.69) is 17.9 Å². The Hall–Kier alpha value is -1.00. The Balaban J connectivity index is 1.91. The standard InChI is InChI=1S/C14H20N2OS/c17-14(16-9-4-7-15-8-10-16)13(18)11-12-5-2-1-3-6-12/h1-3,5-6,13,15,18H,4,7-11H2. The summed E-state index contributed by atoms with van der Waals surface area (Å²) in [4.78, 5) is 14.2. The fourth-order valence-corrected chi connectivity index (χ4v) is 2.58. The van der Waals surface area contributed by atoms with Crippen molar-refractivity contribution in [1.29, 1.82) is 0 Å². The van der Waals surface area contributed by atoms with Crippen molar-refractivity contribution in [3.05, 3.63) is 35.9 Å². The van der Waals surface area contributed by atoms with Gasteiger partial charge in [0.05, 0.1) is 5.25 Å². The van der Waals surface area contributed by atoms with Gasteiger partial charge in [0.1, 0.15) is 0 Å². The van der Waals surface area contributed by atoms with Gasteiger partial charge in [-0.05, 0) is 24.9 Å². The Labute approximate surface area is 114 Å². The smallest absolute Gasteiger partial charge is 0.235 e. The first-order chi connectivity index (χ1) is 8.77. The van der Waals surface area contributed by atoms with Gasteiger partial charge in [-0.2, -0.15) is 12.6 Å². The number of hydrogen-bond acceptors (Lipinski definition) is 3. The van der Waals surface area contributed by atoms with Gasteiger partial charge in [-0.25, -0.2) is 0 Å². The van der Waals surface area contributed by atoms with E-state index < -0.39 is 0 Å². The lowest BCUT2D eigenvalue weighted by Crippen LogP contribution is -2.39. The molecule has 3 nitrogen and oxygen atoms in total. The monoisotopic (exact) mass is 264 g/mol. The summed E-state index contributed by atoms with van der Waals surface area (Å²) in [7, 11) is 0. The molecule has 0 saturated carbocycles. The SMILES string of the molecule is O=C(C(S)Cc1ccccc1)N1CCCNCC1. The van der Waals surface area contributed by atoms with Crippen LogP contribution in [0.3, 0.4) is 0 Å². The zero-order chi connectivity index (χ0) is 12.8. The van der Waals surface area contributed by atoms with Crippen molar-refractivity contribution in [2.75, 3.05) is 26.2 Å². The number of carbonyl (C=O) groups excluding carboxylic acids is 1. The molecule has 18 heavy (non-hydrogen) atoms. The second-order valence-electron chi connectivity index (χ2n) is 4.63. The number of hydrogen-bond donors (Lipinski definition) is 2. The van der Waals surface area contributed by atoms with Crippen LogP contribution in [-0.2, 0) is 11.2 Å². The molecule has 1 saturated heterocycles. The van der Waals surface area contributed by atoms with Gasteiger partial charge in [-0.1, -0.05) is 30.3 Å². The third kappa shape index (κ3) is 3.75. The van der Waals surface area contributed by atoms with Crippen LogP contribution in [0.15, 0.2) is 30.3 Å². The Kier molecular flexibility index (Phi) is 5.08. The van der Waals surface area contributed by atoms with Gasteiger partial charge < -0.3 is 10.2 Å². The van der Waals surface area contributed by atoms with Gasteiger partial charge >= 0.3 is 0 Å². The molecule has 0 aliphatic carbocycles. The molecule has 1 amide bonds. The zero-order valence-corrected chi connectivity index (χ0v) is 11.4. The summed E-state index contributed by atoms with van der Waals surface area (Å²) in [6, 6.07) is 10.1. The Morgan fingerprint density at radius 3 is 2.83 bits per heavy atom. The van der Waals surface area contributed by atoms with E-state index in [0.717, 1.165) is 32.6 Å². The van der Waals surface area contributed by atoms with Gasteiger partial charge in [0.2, 0.25) is 5.91 Å². The largest absolute Gasteiger partial charge is 0.340 e. The minimum Gasteiger partial charge on any atom is -0.340 e. The van der Waals surface area contributed by atoms with E-state index >= 15 is 0 Å². The van der Waals surface area contributed by atoms with Crippen molar-refractivity contribution >= 4 is 18.5 Å². The molecule has 1 aromatic carbocycles. The van der Waals surface area contributed by atoms with E-state index in [1.807, 2.05) is 35.2 Å². The van der Waals surface area contributed by atoms with Crippen LogP contribution < -0.4 is 5.32 Å². The molecule has 1 atom stereocenters. The predicted molar refractivity (Wildman–Crippen MR) is 77.0 cm³/mol. The highest BCUT2D eigenvalue weighted by atomic mass is 32.1. The predicted octanol–water partition coefficient (Wildman–Crippen LogP) is 1.35. The molecular weight excluding hydrogens is 244 g/mol. The summed E-state index contributed by atoms with van der Waals surface area (Å²) >= 11 is 4.47. The lowest BCUT2D eigenvalue weighted by molar-refractivity contribution is -0.130. The van der Waals surface area contributed by atoms with Gasteiger partial charge in [-0.15, -0.1) is 0 Å². The van der Waals surface area contributed by atoms with Crippen LogP contribution in [0.25, 0.3) is 0 Å². The van der Waals surface area contributed by atoms with Gasteiger partial charge in [-0.3, -0.25) is 4.79 Å². The molecule has 1 unspecified atom stereocenters. The second-order valence-corrected chi connectivity index (χ2v) is 5.26. The first-order valence-corrected chi connectivity index (χ1v) is 7.00. The molecule has 1 heterocycles. The maximum Gasteiger partial charge on any atom is 0.235 e. The minimum atomic E-state index is -0.231. The van der Waals surface area contributed by atoms with Crippen molar-refractivity contribution in [1.82, 2.24) is 10.2 Å². The lowest BCUT2D eigenvalue weighted by atomic mass is 10.1. The zero-order valence-electron chi connectivity index (χ0n) is 10.5. The third-order valence-corrected chi connectivity index (χ3v) is 3.61. The molecule has 1 fully saturated rings. The number of carbonyl (C=O) groups is 1. The molecule has 1 N–H and O–H groups in total. The summed E-state index contributed by atoms with van der Waals surface area (Å²) in [5.41, 5.74) is 1.17. The molecule has 0 bridgehead atoms. The van der Waals surface area contributed by atoms with E-state index in [1.54, 1.807) is 0 Å². The molecule has 4 heteroatoms. The Morgan fingerprint density at radius 2 is 2.06 bits per heavy atom. The van der Waals surface area contributed by atoms with Gasteiger partial charge in [0, 0.05) is 19.6 Å². The number of benzene rings is 1. The first kappa shape index (κ1) is 13.4. The van der Waals surface area contributed by atoms with Crippen LogP contribution in [0.5, 0.6) is 0 Å². The minimum absolute atomic E-state index is 0.158. The summed E-state index contributed by atoms with van der Waals surface area (Å²) in [6.07, 6.45) is 1.73. The maximum atomic E-state index is 12.3. The van der Waals surface area contributed by atoms with Crippen molar-refractivity contribution in [2.24, 2.45) is 0 Å². The number of nitrogens with one attached hydrogen (secondary N) is 1. The van der Waals surface area contributed by atoms with Gasteiger partial charge in [0.25, 0.3) is 0 Å². The highest BCUT2D eigenvalue weighted by Crippen LogP contribution is 2.11. The van der Waals surface area contributed by atoms with E-state index in [4.69, 9.17) is 0 Å². The summed E-state index contributed by atoms with van der Waals surface area (Å²) in [5, 5.41) is 3.07. The van der Waals surface area contributed by atoms with E-state index in [9.17, 15) is 4.79 Å². The summed E-state index contributed by atoms with van der Waals surface area (Å²) in [6.45, 7) is 3.53. The number of nitrogens with zero attached hydrogens (tertiary/aromatic N) is 1. The number of rotatable bonds is 3. The number of amides is 1. The van der Waals surface area contributed by atoms with E-state index in [1.165, 1.54) is 5.56 Å². The molecule has 1 aliphatic heterocycles. The van der Waals surface area contributed by atoms with Crippen LogP contribution in [0.1, 0.15) is 12.0 Å². The van der Waals surface area contributed by atoms with Crippen LogP contribution in [0, 0.1) is 0 Å². The molecule has 1 aliphatic rings. The first-order valence-electron chi connectivity index (χ1n) is 6.49. The molecular formula is C14H20N2OS. The average molecular weight is 264 g/mol. The fraction of sp³-hybridized carbons (Fsp3) is 0.500. The molecule has 98 valence electrons. The average Bonchev–Trinajstić information content (AvgIpc) is 2.68. The summed E-state index contributed by atoms with van der Waals surface area (Å²) in [5.74, 6) is 0.158. The normalized spacial score (nSPS) is 18.2. The fourth-order valence-electron chi connectivity index (χ4n) is 2.20. The lowest BCUT2D eigenvalue weighted by Gasteiger charge is -2.23. The molecule has 1 aromatic rings. The van der Waals surface area contributed by atoms with Crippen LogP contribution in [0.4, 0.5) is 0 Å². The molecule has 0 radical (unpaired) electrons. The second kappa shape index (κ2) is 6.81. The van der Waals surface area contributed by atoms with Crippen LogP contribution >= 0.6 is 12.6 Å². The van der Waals surface area contributed by atoms with Crippen molar-refractivity contribution < 1.29 is 4.79 Å². The van der Waals surface area contributed by atoms with Crippen molar-refractivity contribution in [2.45, 2.75) is 18.1 Å². The van der Waals surface area contributed by atoms with E-state index in [0.29, 0.717) is 6.42 Å². The third-order valence-electron chi connectivity index (χ3n) is 3.21. The quantitative estimate of drug-likeness (QED) is 0.808. The van der Waals surface area contributed by atoms with Crippen molar-refractivity contribution in [3.8, 4) is 0 Å². The highest BCUT2D eigenvalue weighted by Gasteiger charge is 2.21. The van der Waals surface area contributed by atoms with Crippen LogP contribution in [0.2, 0.25) is 0 Å². The topological polar surface area (TPSA) is 32.3 Å². The highest BCUT2D eigenvalue weighted by molar-refractivity contribution is 7.81. The molecule has 0 aromatic heterocycles.